The highest BCUT2D eigenvalue weighted by Gasteiger charge is 2.40. The summed E-state index contributed by atoms with van der Waals surface area (Å²) in [6.45, 7) is 4.26. The molecule has 0 bridgehead atoms. The molecule has 1 aliphatic heterocycles. The summed E-state index contributed by atoms with van der Waals surface area (Å²) < 4.78 is 14.1. The van der Waals surface area contributed by atoms with Crippen LogP contribution in [0.2, 0.25) is 0 Å². The van der Waals surface area contributed by atoms with Crippen molar-refractivity contribution < 1.29 is 4.39 Å². The summed E-state index contributed by atoms with van der Waals surface area (Å²) in [4.78, 5) is 2.42. The first kappa shape index (κ1) is 13.4. The molecule has 2 aliphatic rings. The van der Waals surface area contributed by atoms with Crippen LogP contribution in [0.4, 0.5) is 10.1 Å². The molecule has 2 nitrogen and oxygen atoms in total. The molecule has 104 valence electrons. The number of benzene rings is 1. The zero-order chi connectivity index (χ0) is 13.5. The number of hydrogen-bond donors (Lipinski definition) is 1. The molecule has 1 aromatic carbocycles. The Morgan fingerprint density at radius 3 is 2.79 bits per heavy atom. The van der Waals surface area contributed by atoms with E-state index in [1.165, 1.54) is 25.7 Å². The topological polar surface area (TPSA) is 15.3 Å². The number of rotatable bonds is 1. The van der Waals surface area contributed by atoms with E-state index in [-0.39, 0.29) is 11.4 Å². The third-order valence-electron chi connectivity index (χ3n) is 4.56. The van der Waals surface area contributed by atoms with Crippen LogP contribution in [-0.2, 0) is 0 Å². The lowest BCUT2D eigenvalue weighted by Crippen LogP contribution is -2.62. The van der Waals surface area contributed by atoms with Crippen molar-refractivity contribution in [1.29, 1.82) is 0 Å². The van der Waals surface area contributed by atoms with Crippen LogP contribution in [-0.4, -0.2) is 24.7 Å². The van der Waals surface area contributed by atoms with Gasteiger partial charge in [-0.15, -0.1) is 0 Å². The van der Waals surface area contributed by atoms with Gasteiger partial charge in [-0.1, -0.05) is 12.8 Å². The first-order valence-electron chi connectivity index (χ1n) is 7.06. The third-order valence-corrected chi connectivity index (χ3v) is 5.19. The fourth-order valence-corrected chi connectivity index (χ4v) is 4.01. The average molecular weight is 327 g/mol. The van der Waals surface area contributed by atoms with Crippen LogP contribution in [0.3, 0.4) is 0 Å². The van der Waals surface area contributed by atoms with Crippen LogP contribution in [0.15, 0.2) is 22.7 Å². The molecule has 1 saturated carbocycles. The maximum absolute atomic E-state index is 13.2. The first-order valence-corrected chi connectivity index (χ1v) is 7.86. The second-order valence-corrected chi connectivity index (χ2v) is 6.80. The number of piperazine rings is 1. The number of halogens is 2. The molecule has 2 fully saturated rings. The van der Waals surface area contributed by atoms with E-state index in [4.69, 9.17) is 0 Å². The Balaban J connectivity index is 1.89. The van der Waals surface area contributed by atoms with Gasteiger partial charge in [0.1, 0.15) is 5.82 Å². The minimum Gasteiger partial charge on any atom is -0.365 e. The molecule has 1 N–H and O–H groups in total. The van der Waals surface area contributed by atoms with Crippen LogP contribution in [0.5, 0.6) is 0 Å². The zero-order valence-electron chi connectivity index (χ0n) is 11.3. The van der Waals surface area contributed by atoms with E-state index >= 15 is 0 Å². The van der Waals surface area contributed by atoms with Crippen molar-refractivity contribution in [2.75, 3.05) is 18.0 Å². The van der Waals surface area contributed by atoms with E-state index in [1.807, 2.05) is 6.07 Å². The number of anilines is 1. The van der Waals surface area contributed by atoms with E-state index in [2.05, 4.69) is 33.1 Å². The second kappa shape index (κ2) is 5.06. The van der Waals surface area contributed by atoms with Gasteiger partial charge in [-0.05, 0) is 53.9 Å². The molecular formula is C15H20BrFN2. The lowest BCUT2D eigenvalue weighted by atomic mass is 9.92. The Kier molecular flexibility index (Phi) is 3.56. The van der Waals surface area contributed by atoms with Crippen molar-refractivity contribution in [2.45, 2.75) is 44.2 Å². The van der Waals surface area contributed by atoms with Crippen LogP contribution < -0.4 is 10.2 Å². The van der Waals surface area contributed by atoms with Gasteiger partial charge in [-0.3, -0.25) is 0 Å². The minimum atomic E-state index is -0.186. The normalized spacial score (nSPS) is 26.1. The Morgan fingerprint density at radius 1 is 1.37 bits per heavy atom. The van der Waals surface area contributed by atoms with Crippen molar-refractivity contribution in [1.82, 2.24) is 5.32 Å². The summed E-state index contributed by atoms with van der Waals surface area (Å²) in [6.07, 6.45) is 5.16. The van der Waals surface area contributed by atoms with Crippen molar-refractivity contribution in [3.8, 4) is 0 Å². The van der Waals surface area contributed by atoms with Crippen molar-refractivity contribution >= 4 is 21.6 Å². The maximum atomic E-state index is 13.2. The highest BCUT2D eigenvalue weighted by molar-refractivity contribution is 9.10. The maximum Gasteiger partial charge on any atom is 0.124 e. The van der Waals surface area contributed by atoms with Gasteiger partial charge < -0.3 is 10.2 Å². The van der Waals surface area contributed by atoms with Gasteiger partial charge in [0.2, 0.25) is 0 Å². The number of hydrogen-bond acceptors (Lipinski definition) is 2. The molecule has 4 heteroatoms. The Bertz CT molecular complexity index is 471. The molecule has 1 saturated heterocycles. The Morgan fingerprint density at radius 2 is 2.11 bits per heavy atom. The highest BCUT2D eigenvalue weighted by atomic mass is 79.9. The monoisotopic (exact) mass is 326 g/mol. The van der Waals surface area contributed by atoms with Crippen molar-refractivity contribution in [3.05, 3.63) is 28.5 Å². The lowest BCUT2D eigenvalue weighted by Gasteiger charge is -2.46. The Hall–Kier alpha value is -0.610. The predicted octanol–water partition coefficient (Wildman–Crippen LogP) is 3.70. The minimum absolute atomic E-state index is 0.186. The third kappa shape index (κ3) is 2.52. The van der Waals surface area contributed by atoms with E-state index < -0.39 is 0 Å². The van der Waals surface area contributed by atoms with Gasteiger partial charge in [0.05, 0.1) is 5.69 Å². The van der Waals surface area contributed by atoms with E-state index in [1.54, 1.807) is 12.1 Å². The summed E-state index contributed by atoms with van der Waals surface area (Å²) in [5, 5.41) is 3.74. The number of nitrogens with one attached hydrogen (secondary N) is 1. The SMILES string of the molecule is CC1CNC2(CCCC2)CN1c1ccc(F)cc1Br. The molecule has 1 aromatic rings. The van der Waals surface area contributed by atoms with E-state index in [9.17, 15) is 4.39 Å². The van der Waals surface area contributed by atoms with Crippen LogP contribution in [0.1, 0.15) is 32.6 Å². The van der Waals surface area contributed by atoms with Crippen LogP contribution >= 0.6 is 15.9 Å². The molecule has 3 rings (SSSR count). The molecule has 19 heavy (non-hydrogen) atoms. The van der Waals surface area contributed by atoms with Crippen LogP contribution in [0.25, 0.3) is 0 Å². The van der Waals surface area contributed by atoms with Gasteiger partial charge in [0.25, 0.3) is 0 Å². The molecule has 1 heterocycles. The summed E-state index contributed by atoms with van der Waals surface area (Å²) in [5.74, 6) is -0.186. The fourth-order valence-electron chi connectivity index (χ4n) is 3.44. The largest absolute Gasteiger partial charge is 0.365 e. The fraction of sp³-hybridized carbons (Fsp3) is 0.600. The standard InChI is InChI=1S/C15H20BrFN2/c1-11-9-18-15(6-2-3-7-15)10-19(11)14-5-4-12(17)8-13(14)16/h4-5,8,11,18H,2-3,6-7,9-10H2,1H3. The Labute approximate surface area is 122 Å². The van der Waals surface area contributed by atoms with Crippen LogP contribution in [0, 0.1) is 5.82 Å². The smallest absolute Gasteiger partial charge is 0.124 e. The van der Waals surface area contributed by atoms with Gasteiger partial charge in [-0.2, -0.15) is 0 Å². The van der Waals surface area contributed by atoms with Gasteiger partial charge in [-0.25, -0.2) is 4.39 Å². The average Bonchev–Trinajstić information content (AvgIpc) is 2.82. The van der Waals surface area contributed by atoms with Gasteiger partial charge >= 0.3 is 0 Å². The molecule has 1 spiro atoms. The zero-order valence-corrected chi connectivity index (χ0v) is 12.8. The van der Waals surface area contributed by atoms with Gasteiger partial charge in [0.15, 0.2) is 0 Å². The molecule has 0 aromatic heterocycles. The van der Waals surface area contributed by atoms with E-state index in [0.29, 0.717) is 6.04 Å². The second-order valence-electron chi connectivity index (χ2n) is 5.94. The summed E-state index contributed by atoms with van der Waals surface area (Å²) in [5.41, 5.74) is 1.39. The van der Waals surface area contributed by atoms with Gasteiger partial charge in [0, 0.05) is 29.1 Å². The van der Waals surface area contributed by atoms with Crippen molar-refractivity contribution in [3.63, 3.8) is 0 Å². The quantitative estimate of drug-likeness (QED) is 0.846. The molecule has 0 amide bonds. The predicted molar refractivity (Wildman–Crippen MR) is 80.1 cm³/mol. The molecule has 0 radical (unpaired) electrons. The number of nitrogens with zero attached hydrogens (tertiary/aromatic N) is 1. The molecule has 1 unspecified atom stereocenters. The summed E-state index contributed by atoms with van der Waals surface area (Å²) >= 11 is 3.51. The van der Waals surface area contributed by atoms with Crippen molar-refractivity contribution in [2.24, 2.45) is 0 Å². The highest BCUT2D eigenvalue weighted by Crippen LogP contribution is 2.37. The summed E-state index contributed by atoms with van der Waals surface area (Å²) in [7, 11) is 0. The van der Waals surface area contributed by atoms with E-state index in [0.717, 1.165) is 23.2 Å². The molecule has 1 aliphatic carbocycles. The first-order chi connectivity index (χ1) is 9.10. The molecular weight excluding hydrogens is 307 g/mol. The molecule has 1 atom stereocenters. The summed E-state index contributed by atoms with van der Waals surface area (Å²) in [6, 6.07) is 5.44. The lowest BCUT2D eigenvalue weighted by molar-refractivity contribution is 0.276.